The average Bonchev–Trinajstić information content (AvgIpc) is 2.49. The van der Waals surface area contributed by atoms with Gasteiger partial charge in [-0.3, -0.25) is 10.1 Å². The van der Waals surface area contributed by atoms with E-state index in [2.05, 4.69) is 15.9 Å². The van der Waals surface area contributed by atoms with Crippen molar-refractivity contribution in [3.63, 3.8) is 0 Å². The molecule has 0 aliphatic rings. The third-order valence-electron chi connectivity index (χ3n) is 3.17. The van der Waals surface area contributed by atoms with Crippen molar-refractivity contribution in [2.24, 2.45) is 0 Å². The van der Waals surface area contributed by atoms with Gasteiger partial charge in [-0.15, -0.1) is 0 Å². The van der Waals surface area contributed by atoms with E-state index in [0.29, 0.717) is 23.1 Å². The Bertz CT molecular complexity index is 664. The summed E-state index contributed by atoms with van der Waals surface area (Å²) in [6.07, 6.45) is 0. The summed E-state index contributed by atoms with van der Waals surface area (Å²) in [6, 6.07) is 11.3. The quantitative estimate of drug-likeness (QED) is 0.441. The van der Waals surface area contributed by atoms with Crippen molar-refractivity contribution in [1.82, 2.24) is 0 Å². The molecule has 0 heterocycles. The second-order valence-corrected chi connectivity index (χ2v) is 4.96. The molecule has 4 nitrogen and oxygen atoms in total. The number of rotatable bonds is 5. The Kier molecular flexibility index (Phi) is 4.90. The molecule has 0 bridgehead atoms. The Balaban J connectivity index is 2.49. The first-order valence-corrected chi connectivity index (χ1v) is 7.56. The standard InChI is InChI=1S/C15H14BrFN2O2/c1-2-18(15-6-4-3-5-13(15)17)12-7-8-14(19(20)21)11(9-12)10-16/h3-9H,2,10H2,1H3. The normalized spacial score (nSPS) is 10.4. The van der Waals surface area contributed by atoms with E-state index in [4.69, 9.17) is 0 Å². The van der Waals surface area contributed by atoms with Gasteiger partial charge in [0, 0.05) is 29.2 Å². The zero-order valence-electron chi connectivity index (χ0n) is 11.4. The maximum absolute atomic E-state index is 13.9. The van der Waals surface area contributed by atoms with Gasteiger partial charge in [0.2, 0.25) is 0 Å². The van der Waals surface area contributed by atoms with Crippen LogP contribution in [-0.2, 0) is 5.33 Å². The lowest BCUT2D eigenvalue weighted by Gasteiger charge is -2.24. The third-order valence-corrected chi connectivity index (χ3v) is 3.78. The minimum Gasteiger partial charge on any atom is -0.339 e. The van der Waals surface area contributed by atoms with Crippen LogP contribution in [0.2, 0.25) is 0 Å². The van der Waals surface area contributed by atoms with Gasteiger partial charge in [-0.1, -0.05) is 28.1 Å². The SMILES string of the molecule is CCN(c1ccc([N+](=O)[O-])c(CBr)c1)c1ccccc1F. The third kappa shape index (κ3) is 3.21. The fraction of sp³-hybridized carbons (Fsp3) is 0.200. The maximum atomic E-state index is 13.9. The highest BCUT2D eigenvalue weighted by Gasteiger charge is 2.17. The van der Waals surface area contributed by atoms with Crippen LogP contribution >= 0.6 is 15.9 Å². The smallest absolute Gasteiger partial charge is 0.273 e. The van der Waals surface area contributed by atoms with Crippen molar-refractivity contribution in [2.75, 3.05) is 11.4 Å². The Morgan fingerprint density at radius 1 is 1.29 bits per heavy atom. The van der Waals surface area contributed by atoms with Gasteiger partial charge in [0.15, 0.2) is 0 Å². The van der Waals surface area contributed by atoms with E-state index in [1.54, 1.807) is 35.2 Å². The van der Waals surface area contributed by atoms with Crippen LogP contribution in [0.15, 0.2) is 42.5 Å². The van der Waals surface area contributed by atoms with Crippen LogP contribution in [0.5, 0.6) is 0 Å². The number of para-hydroxylation sites is 1. The Labute approximate surface area is 130 Å². The first-order valence-electron chi connectivity index (χ1n) is 6.43. The van der Waals surface area contributed by atoms with Crippen LogP contribution in [0.3, 0.4) is 0 Å². The number of halogens is 2. The summed E-state index contributed by atoms with van der Waals surface area (Å²) in [5.41, 5.74) is 1.80. The molecule has 0 saturated heterocycles. The van der Waals surface area contributed by atoms with Crippen molar-refractivity contribution >= 4 is 33.0 Å². The van der Waals surface area contributed by atoms with Crippen LogP contribution in [0.25, 0.3) is 0 Å². The first-order chi connectivity index (χ1) is 10.1. The highest BCUT2D eigenvalue weighted by molar-refractivity contribution is 9.08. The summed E-state index contributed by atoms with van der Waals surface area (Å²) in [5.74, 6) is -0.321. The van der Waals surface area contributed by atoms with Crippen LogP contribution in [0.4, 0.5) is 21.5 Å². The zero-order chi connectivity index (χ0) is 15.4. The molecule has 6 heteroatoms. The second kappa shape index (κ2) is 6.67. The molecule has 0 amide bonds. The van der Waals surface area contributed by atoms with Crippen molar-refractivity contribution in [2.45, 2.75) is 12.3 Å². The molecular weight excluding hydrogens is 339 g/mol. The fourth-order valence-electron chi connectivity index (χ4n) is 2.19. The van der Waals surface area contributed by atoms with Crippen LogP contribution < -0.4 is 4.90 Å². The highest BCUT2D eigenvalue weighted by Crippen LogP contribution is 2.32. The minimum absolute atomic E-state index is 0.0558. The number of anilines is 2. The van der Waals surface area contributed by atoms with E-state index in [9.17, 15) is 14.5 Å². The molecular formula is C15H14BrFN2O2. The molecule has 0 unspecified atom stereocenters. The van der Waals surface area contributed by atoms with Crippen molar-refractivity contribution in [3.05, 3.63) is 64.0 Å². The number of nitrogens with zero attached hydrogens (tertiary/aromatic N) is 2. The van der Waals surface area contributed by atoms with Crippen molar-refractivity contribution in [1.29, 1.82) is 0 Å². The number of benzene rings is 2. The van der Waals surface area contributed by atoms with Crippen molar-refractivity contribution in [3.8, 4) is 0 Å². The van der Waals surface area contributed by atoms with Crippen LogP contribution in [0, 0.1) is 15.9 Å². The van der Waals surface area contributed by atoms with E-state index < -0.39 is 4.92 Å². The van der Waals surface area contributed by atoms with Gasteiger partial charge in [-0.2, -0.15) is 0 Å². The molecule has 0 fully saturated rings. The Morgan fingerprint density at radius 2 is 2.00 bits per heavy atom. The van der Waals surface area contributed by atoms with Gasteiger partial charge in [-0.25, -0.2) is 4.39 Å². The number of hydrogen-bond acceptors (Lipinski definition) is 3. The van der Waals surface area contributed by atoms with Crippen LogP contribution in [0.1, 0.15) is 12.5 Å². The average molecular weight is 353 g/mol. The molecule has 0 aliphatic heterocycles. The van der Waals surface area contributed by atoms with Gasteiger partial charge in [0.25, 0.3) is 5.69 Å². The zero-order valence-corrected chi connectivity index (χ0v) is 13.0. The molecule has 0 aromatic heterocycles. The maximum Gasteiger partial charge on any atom is 0.273 e. The molecule has 2 aromatic rings. The monoisotopic (exact) mass is 352 g/mol. The molecule has 0 atom stereocenters. The summed E-state index contributed by atoms with van der Waals surface area (Å²) in [4.78, 5) is 12.3. The molecule has 21 heavy (non-hydrogen) atoms. The topological polar surface area (TPSA) is 46.4 Å². The summed E-state index contributed by atoms with van der Waals surface area (Å²) >= 11 is 3.26. The summed E-state index contributed by atoms with van der Waals surface area (Å²) < 4.78 is 13.9. The molecule has 0 radical (unpaired) electrons. The molecule has 0 saturated carbocycles. The van der Waals surface area contributed by atoms with Gasteiger partial charge >= 0.3 is 0 Å². The highest BCUT2D eigenvalue weighted by atomic mass is 79.9. The predicted molar refractivity (Wildman–Crippen MR) is 84.8 cm³/mol. The van der Waals surface area contributed by atoms with E-state index in [1.807, 2.05) is 6.92 Å². The van der Waals surface area contributed by atoms with E-state index in [-0.39, 0.29) is 11.5 Å². The number of nitro groups is 1. The Hall–Kier alpha value is -1.95. The van der Waals surface area contributed by atoms with Gasteiger partial charge < -0.3 is 4.90 Å². The largest absolute Gasteiger partial charge is 0.339 e. The molecule has 0 N–H and O–H groups in total. The molecule has 2 rings (SSSR count). The lowest BCUT2D eigenvalue weighted by molar-refractivity contribution is -0.385. The summed E-state index contributed by atoms with van der Waals surface area (Å²) in [5, 5.41) is 11.3. The first kappa shape index (κ1) is 15.4. The van der Waals surface area contributed by atoms with E-state index in [0.717, 1.165) is 5.69 Å². The summed E-state index contributed by atoms with van der Waals surface area (Å²) in [6.45, 7) is 2.46. The second-order valence-electron chi connectivity index (χ2n) is 4.40. The van der Waals surface area contributed by atoms with Crippen molar-refractivity contribution < 1.29 is 9.31 Å². The predicted octanol–water partition coefficient (Wildman–Crippen LogP) is 4.79. The Morgan fingerprint density at radius 3 is 2.57 bits per heavy atom. The van der Waals surface area contributed by atoms with Gasteiger partial charge in [0.05, 0.1) is 10.6 Å². The molecule has 110 valence electrons. The number of nitro benzene ring substituents is 1. The van der Waals surface area contributed by atoms with Crippen LogP contribution in [-0.4, -0.2) is 11.5 Å². The van der Waals surface area contributed by atoms with E-state index >= 15 is 0 Å². The fourth-order valence-corrected chi connectivity index (χ4v) is 2.64. The summed E-state index contributed by atoms with van der Waals surface area (Å²) in [7, 11) is 0. The lowest BCUT2D eigenvalue weighted by atomic mass is 10.1. The van der Waals surface area contributed by atoms with E-state index in [1.165, 1.54) is 12.1 Å². The molecule has 0 spiro atoms. The van der Waals surface area contributed by atoms with Gasteiger partial charge in [-0.05, 0) is 31.2 Å². The van der Waals surface area contributed by atoms with Gasteiger partial charge in [0.1, 0.15) is 5.82 Å². The lowest BCUT2D eigenvalue weighted by Crippen LogP contribution is -2.17. The molecule has 2 aromatic carbocycles. The number of alkyl halides is 1. The molecule has 0 aliphatic carbocycles. The minimum atomic E-state index is -0.417. The number of hydrogen-bond donors (Lipinski definition) is 0.